The molecule has 1 N–H and O–H groups in total. The summed E-state index contributed by atoms with van der Waals surface area (Å²) >= 11 is 0. The van der Waals surface area contributed by atoms with E-state index in [1.54, 1.807) is 6.92 Å². The van der Waals surface area contributed by atoms with Crippen molar-refractivity contribution in [1.29, 1.82) is 0 Å². The molecule has 0 aliphatic carbocycles. The number of unbranched alkanes of at least 4 members (excludes halogenated alkanes) is 16. The molecule has 2 atom stereocenters. The van der Waals surface area contributed by atoms with Crippen molar-refractivity contribution in [2.75, 3.05) is 0 Å². The summed E-state index contributed by atoms with van der Waals surface area (Å²) in [6.45, 7) is 3.97. The Morgan fingerprint density at radius 1 is 0.655 bits per heavy atom. The maximum Gasteiger partial charge on any atom is 1.00 e. The Kier molecular flexibility index (Phi) is 24.4. The van der Waals surface area contributed by atoms with Crippen molar-refractivity contribution in [2.24, 2.45) is 0 Å². The summed E-state index contributed by atoms with van der Waals surface area (Å²) in [5.41, 5.74) is 0. The Balaban J connectivity index is 0. The first-order valence-corrected chi connectivity index (χ1v) is 13.5. The third kappa shape index (κ3) is 20.5. The zero-order chi connectivity index (χ0) is 21.1. The molecule has 0 saturated heterocycles. The van der Waals surface area contributed by atoms with E-state index >= 15 is 0 Å². The molecule has 170 valence electrons. The molecular weight excluding hydrogens is 395 g/mol. The second-order valence-corrected chi connectivity index (χ2v) is 10.0. The van der Waals surface area contributed by atoms with E-state index in [4.69, 9.17) is 0 Å². The van der Waals surface area contributed by atoms with Gasteiger partial charge in [0.1, 0.15) is 10.1 Å². The first-order valence-electron chi connectivity index (χ1n) is 12.1. The predicted octanol–water partition coefficient (Wildman–Crippen LogP) is 3.72. The number of hydrogen-bond donors (Lipinski definition) is 1. The standard InChI is InChI=1S/C23H48O4S.Na/c1-3-5-6-7-8-9-10-11-12-13-14-15-16-17-18-19-20-21-23(22(24)4-2)28(25,26)27;/h22-24H,3-21H2,1-2H3,(H,25,26,27);/q;+1/p-1. The monoisotopic (exact) mass is 442 g/mol. The van der Waals surface area contributed by atoms with Crippen LogP contribution >= 0.6 is 0 Å². The van der Waals surface area contributed by atoms with Gasteiger partial charge in [-0.1, -0.05) is 123 Å². The Morgan fingerprint density at radius 3 is 1.24 bits per heavy atom. The van der Waals surface area contributed by atoms with E-state index in [0.29, 0.717) is 19.3 Å². The molecule has 0 aliphatic rings. The van der Waals surface area contributed by atoms with Gasteiger partial charge < -0.3 is 9.66 Å². The minimum absolute atomic E-state index is 0. The van der Waals surface area contributed by atoms with Crippen LogP contribution < -0.4 is 29.6 Å². The summed E-state index contributed by atoms with van der Waals surface area (Å²) in [7, 11) is -4.40. The van der Waals surface area contributed by atoms with Gasteiger partial charge >= 0.3 is 29.6 Å². The molecular formula is C23H47NaO4S. The van der Waals surface area contributed by atoms with E-state index in [1.807, 2.05) is 0 Å². The van der Waals surface area contributed by atoms with Crippen LogP contribution in [0.5, 0.6) is 0 Å². The fraction of sp³-hybridized carbons (Fsp3) is 1.00. The first-order chi connectivity index (χ1) is 13.4. The number of aliphatic hydroxyl groups is 1. The van der Waals surface area contributed by atoms with E-state index in [1.165, 1.54) is 89.9 Å². The molecule has 6 heteroatoms. The van der Waals surface area contributed by atoms with Crippen molar-refractivity contribution in [2.45, 2.75) is 147 Å². The molecule has 0 fully saturated rings. The largest absolute Gasteiger partial charge is 1.00 e. The van der Waals surface area contributed by atoms with Crippen LogP contribution in [0.1, 0.15) is 136 Å². The third-order valence-electron chi connectivity index (χ3n) is 5.81. The van der Waals surface area contributed by atoms with E-state index in [9.17, 15) is 18.1 Å². The number of aliphatic hydroxyl groups excluding tert-OH is 1. The van der Waals surface area contributed by atoms with E-state index in [2.05, 4.69) is 6.92 Å². The second kappa shape index (κ2) is 22.1. The minimum atomic E-state index is -4.40. The van der Waals surface area contributed by atoms with Gasteiger partial charge in [0.15, 0.2) is 0 Å². The molecule has 0 aromatic heterocycles. The van der Waals surface area contributed by atoms with E-state index in [0.717, 1.165) is 12.8 Å². The Morgan fingerprint density at radius 2 is 0.966 bits per heavy atom. The normalized spacial score (nSPS) is 13.8. The van der Waals surface area contributed by atoms with Crippen molar-refractivity contribution in [1.82, 2.24) is 0 Å². The molecule has 0 aliphatic heterocycles. The van der Waals surface area contributed by atoms with Gasteiger partial charge in [-0.3, -0.25) is 0 Å². The van der Waals surface area contributed by atoms with Gasteiger partial charge in [-0.25, -0.2) is 8.42 Å². The Hall–Kier alpha value is 0.870. The zero-order valence-electron chi connectivity index (χ0n) is 19.7. The van der Waals surface area contributed by atoms with Crippen LogP contribution in [0, 0.1) is 0 Å². The smallest absolute Gasteiger partial charge is 0.748 e. The topological polar surface area (TPSA) is 77.4 Å². The number of hydrogen-bond acceptors (Lipinski definition) is 4. The average molecular weight is 443 g/mol. The molecule has 0 amide bonds. The van der Waals surface area contributed by atoms with Gasteiger partial charge in [-0.15, -0.1) is 0 Å². The average Bonchev–Trinajstić information content (AvgIpc) is 2.65. The SMILES string of the molecule is CCCCCCCCCCCCCCCCCCCC(C(O)CC)S(=O)(=O)[O-].[Na+]. The van der Waals surface area contributed by atoms with Gasteiger partial charge in [-0.05, 0) is 12.8 Å². The summed E-state index contributed by atoms with van der Waals surface area (Å²) in [5.74, 6) is 0. The van der Waals surface area contributed by atoms with Gasteiger partial charge in [0.2, 0.25) is 0 Å². The fourth-order valence-electron chi connectivity index (χ4n) is 3.86. The van der Waals surface area contributed by atoms with Crippen LogP contribution in [-0.4, -0.2) is 29.4 Å². The minimum Gasteiger partial charge on any atom is -0.748 e. The van der Waals surface area contributed by atoms with Crippen molar-refractivity contribution in [3.8, 4) is 0 Å². The molecule has 0 radical (unpaired) electrons. The molecule has 29 heavy (non-hydrogen) atoms. The number of rotatable bonds is 21. The molecule has 0 bridgehead atoms. The van der Waals surface area contributed by atoms with Crippen LogP contribution in [0.3, 0.4) is 0 Å². The van der Waals surface area contributed by atoms with E-state index in [-0.39, 0.29) is 29.6 Å². The first kappa shape index (κ1) is 32.1. The Labute approximate surface area is 204 Å². The molecule has 0 spiro atoms. The second-order valence-electron chi connectivity index (χ2n) is 8.45. The van der Waals surface area contributed by atoms with Crippen LogP contribution in [-0.2, 0) is 10.1 Å². The maximum absolute atomic E-state index is 11.2. The van der Waals surface area contributed by atoms with Gasteiger partial charge in [0.05, 0.1) is 11.4 Å². The zero-order valence-corrected chi connectivity index (χ0v) is 22.5. The van der Waals surface area contributed by atoms with Crippen molar-refractivity contribution >= 4 is 10.1 Å². The molecule has 0 aromatic carbocycles. The summed E-state index contributed by atoms with van der Waals surface area (Å²) in [4.78, 5) is 0. The molecule has 2 unspecified atom stereocenters. The summed E-state index contributed by atoms with van der Waals surface area (Å²) in [5, 5.41) is 8.58. The molecule has 0 rings (SSSR count). The van der Waals surface area contributed by atoms with Gasteiger partial charge in [0, 0.05) is 0 Å². The van der Waals surface area contributed by atoms with Crippen molar-refractivity contribution in [3.05, 3.63) is 0 Å². The molecule has 0 aromatic rings. The summed E-state index contributed by atoms with van der Waals surface area (Å²) in [6.07, 6.45) is 21.3. The Bertz CT molecular complexity index is 429. The third-order valence-corrected chi connectivity index (χ3v) is 7.10. The van der Waals surface area contributed by atoms with Gasteiger partial charge in [0.25, 0.3) is 0 Å². The van der Waals surface area contributed by atoms with Crippen LogP contribution in [0.2, 0.25) is 0 Å². The quantitative estimate of drug-likeness (QED) is 0.167. The molecule has 4 nitrogen and oxygen atoms in total. The summed E-state index contributed by atoms with van der Waals surface area (Å²) < 4.78 is 33.7. The maximum atomic E-state index is 11.2. The van der Waals surface area contributed by atoms with Crippen molar-refractivity contribution in [3.63, 3.8) is 0 Å². The summed E-state index contributed by atoms with van der Waals surface area (Å²) in [6, 6.07) is 0. The van der Waals surface area contributed by atoms with Crippen LogP contribution in [0.15, 0.2) is 0 Å². The molecule has 0 saturated carbocycles. The predicted molar refractivity (Wildman–Crippen MR) is 119 cm³/mol. The van der Waals surface area contributed by atoms with Crippen LogP contribution in [0.25, 0.3) is 0 Å². The molecule has 0 heterocycles. The fourth-order valence-corrected chi connectivity index (χ4v) is 4.89. The van der Waals surface area contributed by atoms with Crippen molar-refractivity contribution < 1.29 is 47.6 Å². The van der Waals surface area contributed by atoms with Crippen LogP contribution in [0.4, 0.5) is 0 Å². The van der Waals surface area contributed by atoms with Gasteiger partial charge in [-0.2, -0.15) is 0 Å². The van der Waals surface area contributed by atoms with E-state index < -0.39 is 21.5 Å².